The fraction of sp³-hybridized carbons (Fsp3) is 0.111. The van der Waals surface area contributed by atoms with Crippen molar-refractivity contribution in [2.45, 2.75) is 6.61 Å². The van der Waals surface area contributed by atoms with Gasteiger partial charge in [0.2, 0.25) is 0 Å². The third kappa shape index (κ3) is 9.31. The van der Waals surface area contributed by atoms with E-state index in [1.54, 1.807) is 18.2 Å². The van der Waals surface area contributed by atoms with E-state index in [4.69, 9.17) is 0 Å². The first kappa shape index (κ1) is 16.6. The normalized spacial score (nSPS) is 9.42. The van der Waals surface area contributed by atoms with Crippen LogP contribution in [0.25, 0.3) is 0 Å². The van der Waals surface area contributed by atoms with E-state index in [-0.39, 0.29) is 5.75 Å². The maximum Gasteiger partial charge on any atom is 0.387 e. The maximum absolute atomic E-state index is 11.5. The minimum atomic E-state index is -4.28. The van der Waals surface area contributed by atoms with Crippen molar-refractivity contribution < 1.29 is 31.5 Å². The van der Waals surface area contributed by atoms with Crippen LogP contribution in [0.2, 0.25) is 0 Å². The molecule has 0 saturated carbocycles. The fourth-order valence-electron chi connectivity index (χ4n) is 0.717. The first-order valence-electron chi connectivity index (χ1n) is 4.34. The lowest BCUT2D eigenvalue weighted by molar-refractivity contribution is -0.0498. The SMILES string of the molecule is FC(F)Oc1ccccc1.O=C=NS(=O)(=O)N=C=O. The molecule has 0 fully saturated rings. The molecular weight excluding hydrogens is 286 g/mol. The largest absolute Gasteiger partial charge is 0.435 e. The van der Waals surface area contributed by atoms with Crippen LogP contribution >= 0.6 is 0 Å². The topological polar surface area (TPSA) is 102 Å². The van der Waals surface area contributed by atoms with Gasteiger partial charge in [-0.05, 0) is 12.1 Å². The zero-order valence-corrected chi connectivity index (χ0v) is 9.88. The number of benzene rings is 1. The van der Waals surface area contributed by atoms with Crippen molar-refractivity contribution >= 4 is 22.4 Å². The molecule has 10 heteroatoms. The van der Waals surface area contributed by atoms with Gasteiger partial charge in [-0.15, -0.1) is 0 Å². The number of hydrogen-bond acceptors (Lipinski definition) is 5. The number of carbonyl (C=O) groups excluding carboxylic acids is 2. The number of ether oxygens (including phenoxy) is 1. The minimum absolute atomic E-state index is 0.192. The van der Waals surface area contributed by atoms with Gasteiger partial charge in [0.15, 0.2) is 0 Å². The van der Waals surface area contributed by atoms with Gasteiger partial charge in [0, 0.05) is 0 Å². The molecule has 1 aromatic rings. The molecule has 0 amide bonds. The van der Waals surface area contributed by atoms with Gasteiger partial charge in [-0.25, -0.2) is 9.59 Å². The molecule has 0 aliphatic carbocycles. The summed E-state index contributed by atoms with van der Waals surface area (Å²) in [7, 11) is -4.28. The van der Waals surface area contributed by atoms with Crippen LogP contribution < -0.4 is 4.74 Å². The standard InChI is InChI=1S/C7H6F2O.C2N2O4S/c8-7(9)10-6-4-2-1-3-5-6;5-1-3-9(7,8)4-2-6/h1-5,7H;. The Morgan fingerprint density at radius 1 is 1.05 bits per heavy atom. The Labute approximate surface area is 106 Å². The van der Waals surface area contributed by atoms with Gasteiger partial charge < -0.3 is 4.74 Å². The number of nitrogens with zero attached hydrogens (tertiary/aromatic N) is 2. The number of halogens is 2. The molecule has 0 N–H and O–H groups in total. The van der Waals surface area contributed by atoms with Gasteiger partial charge in [0.05, 0.1) is 0 Å². The third-order valence-electron chi connectivity index (χ3n) is 1.27. The van der Waals surface area contributed by atoms with Gasteiger partial charge in [0.25, 0.3) is 12.2 Å². The summed E-state index contributed by atoms with van der Waals surface area (Å²) in [6, 6.07) is 7.96. The average molecular weight is 292 g/mol. The summed E-state index contributed by atoms with van der Waals surface area (Å²) >= 11 is 0. The van der Waals surface area contributed by atoms with Crippen molar-refractivity contribution in [2.75, 3.05) is 0 Å². The highest BCUT2D eigenvalue weighted by Crippen LogP contribution is 2.11. The maximum atomic E-state index is 11.5. The Morgan fingerprint density at radius 2 is 1.53 bits per heavy atom. The lowest BCUT2D eigenvalue weighted by Crippen LogP contribution is -2.00. The van der Waals surface area contributed by atoms with Gasteiger partial charge in [0.1, 0.15) is 5.75 Å². The molecule has 102 valence electrons. The van der Waals surface area contributed by atoms with E-state index in [1.807, 2.05) is 0 Å². The van der Waals surface area contributed by atoms with Crippen LogP contribution in [0.5, 0.6) is 5.75 Å². The molecule has 0 aliphatic heterocycles. The summed E-state index contributed by atoms with van der Waals surface area (Å²) in [5, 5.41) is 0. The van der Waals surface area contributed by atoms with E-state index in [0.29, 0.717) is 12.2 Å². The highest BCUT2D eigenvalue weighted by molar-refractivity contribution is 7.89. The Kier molecular flexibility index (Phi) is 7.55. The smallest absolute Gasteiger partial charge is 0.387 e. The van der Waals surface area contributed by atoms with Crippen molar-refractivity contribution in [3.05, 3.63) is 30.3 Å². The molecular formula is C9H6F2N2O5S. The number of hydrogen-bond donors (Lipinski definition) is 0. The van der Waals surface area contributed by atoms with Crippen LogP contribution in [0.1, 0.15) is 0 Å². The molecule has 1 aromatic carbocycles. The van der Waals surface area contributed by atoms with Crippen molar-refractivity contribution in [3.63, 3.8) is 0 Å². The molecule has 0 bridgehead atoms. The summed E-state index contributed by atoms with van der Waals surface area (Å²) < 4.78 is 51.4. The molecule has 7 nitrogen and oxygen atoms in total. The first-order chi connectivity index (χ1) is 8.91. The van der Waals surface area contributed by atoms with Crippen molar-refractivity contribution in [2.24, 2.45) is 8.80 Å². The number of alkyl halides is 2. The van der Waals surface area contributed by atoms with Crippen LogP contribution in [-0.4, -0.2) is 27.2 Å². The zero-order chi connectivity index (χ0) is 14.7. The Morgan fingerprint density at radius 3 is 1.89 bits per heavy atom. The summed E-state index contributed by atoms with van der Waals surface area (Å²) in [6.45, 7) is -2.73. The zero-order valence-electron chi connectivity index (χ0n) is 9.06. The van der Waals surface area contributed by atoms with Crippen LogP contribution in [0.4, 0.5) is 8.78 Å². The highest BCUT2D eigenvalue weighted by atomic mass is 32.2. The van der Waals surface area contributed by atoms with Crippen LogP contribution in [0, 0.1) is 0 Å². The average Bonchev–Trinajstić information content (AvgIpc) is 2.30. The summed E-state index contributed by atoms with van der Waals surface area (Å²) in [5.41, 5.74) is 0. The van der Waals surface area contributed by atoms with E-state index < -0.39 is 16.8 Å². The highest BCUT2D eigenvalue weighted by Gasteiger charge is 2.01. The Hall–Kier alpha value is -2.41. The van der Waals surface area contributed by atoms with Gasteiger partial charge >= 0.3 is 16.8 Å². The third-order valence-corrected chi connectivity index (χ3v) is 1.88. The monoisotopic (exact) mass is 292 g/mol. The van der Waals surface area contributed by atoms with E-state index in [9.17, 15) is 26.8 Å². The summed E-state index contributed by atoms with van der Waals surface area (Å²) in [5.74, 6) is 0.192. The molecule has 0 aromatic heterocycles. The minimum Gasteiger partial charge on any atom is -0.435 e. The quantitative estimate of drug-likeness (QED) is 0.612. The lowest BCUT2D eigenvalue weighted by atomic mass is 10.3. The molecule has 0 unspecified atom stereocenters. The molecule has 0 radical (unpaired) electrons. The van der Waals surface area contributed by atoms with Crippen LogP contribution in [0.3, 0.4) is 0 Å². The van der Waals surface area contributed by atoms with Gasteiger partial charge in [-0.3, -0.25) is 0 Å². The molecule has 0 atom stereocenters. The molecule has 0 saturated heterocycles. The second-order valence-electron chi connectivity index (χ2n) is 2.50. The molecule has 1 rings (SSSR count). The molecule has 0 heterocycles. The van der Waals surface area contributed by atoms with Gasteiger partial charge in [-0.1, -0.05) is 27.0 Å². The van der Waals surface area contributed by atoms with E-state index in [2.05, 4.69) is 13.5 Å². The summed E-state index contributed by atoms with van der Waals surface area (Å²) in [6.07, 6.45) is 1.41. The Bertz CT molecular complexity index is 554. The molecule has 0 aliphatic rings. The lowest BCUT2D eigenvalue weighted by Gasteiger charge is -2.01. The fourth-order valence-corrected chi connectivity index (χ4v) is 0.946. The number of para-hydroxylation sites is 1. The number of rotatable bonds is 4. The predicted octanol–water partition coefficient (Wildman–Crippen LogP) is 1.19. The van der Waals surface area contributed by atoms with Crippen molar-refractivity contribution in [1.29, 1.82) is 0 Å². The second kappa shape index (κ2) is 8.65. The molecule has 19 heavy (non-hydrogen) atoms. The predicted molar refractivity (Wildman–Crippen MR) is 58.2 cm³/mol. The number of isocyanates is 2. The van der Waals surface area contributed by atoms with Crippen molar-refractivity contribution in [1.82, 2.24) is 0 Å². The van der Waals surface area contributed by atoms with E-state index >= 15 is 0 Å². The van der Waals surface area contributed by atoms with Crippen molar-refractivity contribution in [3.8, 4) is 5.75 Å². The van der Waals surface area contributed by atoms with Crippen LogP contribution in [-0.2, 0) is 19.8 Å². The van der Waals surface area contributed by atoms with E-state index in [0.717, 1.165) is 0 Å². The first-order valence-corrected chi connectivity index (χ1v) is 5.74. The molecule has 0 spiro atoms. The second-order valence-corrected chi connectivity index (χ2v) is 3.77. The summed E-state index contributed by atoms with van der Waals surface area (Å²) in [4.78, 5) is 18.5. The van der Waals surface area contributed by atoms with Gasteiger partial charge in [-0.2, -0.15) is 17.2 Å². The Balaban J connectivity index is 0.000000344. The van der Waals surface area contributed by atoms with Crippen LogP contribution in [0.15, 0.2) is 39.1 Å². The van der Waals surface area contributed by atoms with E-state index in [1.165, 1.54) is 12.1 Å².